The summed E-state index contributed by atoms with van der Waals surface area (Å²) in [4.78, 5) is 37.9. The smallest absolute Gasteiger partial charge is 0.220 e. The van der Waals surface area contributed by atoms with Crippen LogP contribution in [0.15, 0.2) is 24.5 Å². The Morgan fingerprint density at radius 1 is 1.30 bits per heavy atom. The van der Waals surface area contributed by atoms with Crippen molar-refractivity contribution in [3.05, 3.63) is 46.2 Å². The summed E-state index contributed by atoms with van der Waals surface area (Å²) in [6, 6.07) is 3.78. The maximum absolute atomic E-state index is 13.0. The van der Waals surface area contributed by atoms with Gasteiger partial charge in [-0.25, -0.2) is 4.68 Å². The predicted octanol–water partition coefficient (Wildman–Crippen LogP) is 2.93. The number of amides is 1. The maximum Gasteiger partial charge on any atom is 0.220 e. The molecule has 8 heteroatoms. The number of ether oxygens (including phenoxy) is 1. The van der Waals surface area contributed by atoms with Gasteiger partial charge in [-0.3, -0.25) is 14.4 Å². The van der Waals surface area contributed by atoms with Gasteiger partial charge in [0.2, 0.25) is 5.91 Å². The van der Waals surface area contributed by atoms with Gasteiger partial charge in [0.15, 0.2) is 5.78 Å². The number of methoxy groups -OCH3 is 1. The van der Waals surface area contributed by atoms with Crippen LogP contribution in [0.3, 0.4) is 0 Å². The molecular formula is C22H26ClN3O4. The molecule has 0 saturated heterocycles. The molecule has 1 aliphatic carbocycles. The highest BCUT2D eigenvalue weighted by Crippen LogP contribution is 2.37. The molecule has 2 atom stereocenters. The van der Waals surface area contributed by atoms with E-state index in [1.54, 1.807) is 24.2 Å². The Hall–Kier alpha value is -2.51. The lowest BCUT2D eigenvalue weighted by atomic mass is 9.87. The van der Waals surface area contributed by atoms with E-state index in [-0.39, 0.29) is 30.3 Å². The first kappa shape index (κ1) is 22.2. The van der Waals surface area contributed by atoms with Crippen molar-refractivity contribution in [2.75, 3.05) is 20.3 Å². The number of hydrogen-bond donors (Lipinski definition) is 1. The van der Waals surface area contributed by atoms with E-state index in [0.29, 0.717) is 24.6 Å². The molecule has 1 aromatic heterocycles. The van der Waals surface area contributed by atoms with E-state index < -0.39 is 11.8 Å². The fourth-order valence-electron chi connectivity index (χ4n) is 4.05. The summed E-state index contributed by atoms with van der Waals surface area (Å²) in [6.07, 6.45) is 4.09. The van der Waals surface area contributed by atoms with Crippen molar-refractivity contribution in [1.82, 2.24) is 15.1 Å². The SMILES string of the molecule is COCCCNC(=O)CC1CC(=O)C(c2c(C)cc(-n3cc(Cl)cn3)cc2C)C1=O. The number of benzene rings is 1. The van der Waals surface area contributed by atoms with Gasteiger partial charge in [0.1, 0.15) is 11.7 Å². The van der Waals surface area contributed by atoms with Gasteiger partial charge < -0.3 is 10.1 Å². The maximum atomic E-state index is 13.0. The number of carbonyl (C=O) groups is 3. The van der Waals surface area contributed by atoms with Crippen molar-refractivity contribution < 1.29 is 19.1 Å². The van der Waals surface area contributed by atoms with E-state index in [9.17, 15) is 14.4 Å². The first-order chi connectivity index (χ1) is 14.3. The number of aromatic nitrogens is 2. The molecule has 0 spiro atoms. The highest BCUT2D eigenvalue weighted by molar-refractivity contribution is 6.30. The number of aryl methyl sites for hydroxylation is 2. The second kappa shape index (κ2) is 9.53. The lowest BCUT2D eigenvalue weighted by molar-refractivity contribution is -0.128. The Bertz CT molecular complexity index is 946. The van der Waals surface area contributed by atoms with Crippen molar-refractivity contribution >= 4 is 29.1 Å². The average molecular weight is 432 g/mol. The van der Waals surface area contributed by atoms with Crippen molar-refractivity contribution in [2.24, 2.45) is 5.92 Å². The Morgan fingerprint density at radius 2 is 2.00 bits per heavy atom. The summed E-state index contributed by atoms with van der Waals surface area (Å²) in [5, 5.41) is 7.51. The first-order valence-electron chi connectivity index (χ1n) is 9.95. The third-order valence-electron chi connectivity index (χ3n) is 5.42. The first-order valence-corrected chi connectivity index (χ1v) is 10.3. The lowest BCUT2D eigenvalue weighted by Gasteiger charge is -2.17. The van der Waals surface area contributed by atoms with Crippen LogP contribution < -0.4 is 5.32 Å². The zero-order valence-electron chi connectivity index (χ0n) is 17.4. The van der Waals surface area contributed by atoms with E-state index in [1.807, 2.05) is 26.0 Å². The van der Waals surface area contributed by atoms with Crippen LogP contribution in [0.1, 0.15) is 41.9 Å². The number of hydrogen-bond acceptors (Lipinski definition) is 5. The van der Waals surface area contributed by atoms with E-state index in [0.717, 1.165) is 22.4 Å². The fourth-order valence-corrected chi connectivity index (χ4v) is 4.19. The summed E-state index contributed by atoms with van der Waals surface area (Å²) in [5.74, 6) is -1.90. The Balaban J connectivity index is 1.75. The summed E-state index contributed by atoms with van der Waals surface area (Å²) in [5.41, 5.74) is 3.22. The lowest BCUT2D eigenvalue weighted by Crippen LogP contribution is -2.28. The molecule has 2 unspecified atom stereocenters. The molecule has 1 fully saturated rings. The molecule has 0 bridgehead atoms. The molecule has 7 nitrogen and oxygen atoms in total. The van der Waals surface area contributed by atoms with Crippen molar-refractivity contribution in [1.29, 1.82) is 0 Å². The largest absolute Gasteiger partial charge is 0.385 e. The highest BCUT2D eigenvalue weighted by Gasteiger charge is 2.43. The average Bonchev–Trinajstić information content (AvgIpc) is 3.23. The number of ketones is 2. The summed E-state index contributed by atoms with van der Waals surface area (Å²) < 4.78 is 6.60. The number of nitrogens with one attached hydrogen (secondary N) is 1. The minimum Gasteiger partial charge on any atom is -0.385 e. The minimum atomic E-state index is -0.813. The second-order valence-corrected chi connectivity index (χ2v) is 8.14. The molecule has 3 rings (SSSR count). The van der Waals surface area contributed by atoms with Gasteiger partial charge in [-0.15, -0.1) is 0 Å². The molecule has 30 heavy (non-hydrogen) atoms. The molecule has 1 amide bonds. The van der Waals surface area contributed by atoms with Crippen LogP contribution in [-0.2, 0) is 19.1 Å². The van der Waals surface area contributed by atoms with E-state index in [4.69, 9.17) is 16.3 Å². The van der Waals surface area contributed by atoms with Crippen LogP contribution in [0.5, 0.6) is 0 Å². The van der Waals surface area contributed by atoms with Crippen molar-refractivity contribution in [3.8, 4) is 5.69 Å². The van der Waals surface area contributed by atoms with Gasteiger partial charge in [-0.05, 0) is 49.1 Å². The molecule has 1 heterocycles. The quantitative estimate of drug-likeness (QED) is 0.512. The van der Waals surface area contributed by atoms with Gasteiger partial charge in [0.25, 0.3) is 0 Å². The van der Waals surface area contributed by atoms with Gasteiger partial charge in [0.05, 0.1) is 16.9 Å². The van der Waals surface area contributed by atoms with E-state index >= 15 is 0 Å². The van der Waals surface area contributed by atoms with Gasteiger partial charge >= 0.3 is 0 Å². The number of nitrogens with zero attached hydrogens (tertiary/aromatic N) is 2. The topological polar surface area (TPSA) is 90.3 Å². The van der Waals surface area contributed by atoms with Crippen LogP contribution in [-0.4, -0.2) is 47.5 Å². The molecule has 1 aromatic carbocycles. The van der Waals surface area contributed by atoms with Gasteiger partial charge in [0, 0.05) is 45.2 Å². The Labute approximate surface area is 180 Å². The normalized spacial score (nSPS) is 18.8. The third kappa shape index (κ3) is 4.79. The van der Waals surface area contributed by atoms with Crippen molar-refractivity contribution in [2.45, 2.75) is 39.0 Å². The predicted molar refractivity (Wildman–Crippen MR) is 113 cm³/mol. The molecule has 2 aromatic rings. The van der Waals surface area contributed by atoms with Gasteiger partial charge in [-0.2, -0.15) is 5.10 Å². The summed E-state index contributed by atoms with van der Waals surface area (Å²) in [6.45, 7) is 4.81. The molecule has 0 radical (unpaired) electrons. The van der Waals surface area contributed by atoms with Crippen LogP contribution in [0.25, 0.3) is 5.69 Å². The number of carbonyl (C=O) groups excluding carboxylic acids is 3. The zero-order chi connectivity index (χ0) is 21.8. The molecular weight excluding hydrogens is 406 g/mol. The summed E-state index contributed by atoms with van der Waals surface area (Å²) in [7, 11) is 1.60. The monoisotopic (exact) mass is 431 g/mol. The van der Waals surface area contributed by atoms with Gasteiger partial charge in [-0.1, -0.05) is 11.6 Å². The molecule has 0 aliphatic heterocycles. The standard InChI is InChI=1S/C22H26ClN3O4/c1-13-7-17(26-12-16(23)11-25-26)8-14(2)20(13)21-18(27)9-15(22(21)29)10-19(28)24-5-4-6-30-3/h7-8,11-12,15,21H,4-6,9-10H2,1-3H3,(H,24,28). The van der Waals surface area contributed by atoms with Crippen LogP contribution >= 0.6 is 11.6 Å². The molecule has 160 valence electrons. The van der Waals surface area contributed by atoms with E-state index in [2.05, 4.69) is 10.4 Å². The zero-order valence-corrected chi connectivity index (χ0v) is 18.2. The number of rotatable bonds is 8. The number of Topliss-reactive ketones (excluding diaryl/α,β-unsaturated/α-hetero) is 2. The Morgan fingerprint density at radius 3 is 2.60 bits per heavy atom. The fraction of sp³-hybridized carbons (Fsp3) is 0.455. The van der Waals surface area contributed by atoms with E-state index in [1.165, 1.54) is 0 Å². The Kier molecular flexibility index (Phi) is 7.05. The van der Waals surface area contributed by atoms with Crippen LogP contribution in [0, 0.1) is 19.8 Å². The van der Waals surface area contributed by atoms with Crippen LogP contribution in [0.4, 0.5) is 0 Å². The minimum absolute atomic E-state index is 0.0377. The molecule has 1 N–H and O–H groups in total. The highest BCUT2D eigenvalue weighted by atomic mass is 35.5. The third-order valence-corrected chi connectivity index (χ3v) is 5.61. The molecule has 1 aliphatic rings. The summed E-state index contributed by atoms with van der Waals surface area (Å²) >= 11 is 5.96. The van der Waals surface area contributed by atoms with Crippen LogP contribution in [0.2, 0.25) is 5.02 Å². The second-order valence-electron chi connectivity index (χ2n) is 7.70. The number of halogens is 1. The molecule has 1 saturated carbocycles. The van der Waals surface area contributed by atoms with Crippen molar-refractivity contribution in [3.63, 3.8) is 0 Å².